The van der Waals surface area contributed by atoms with E-state index >= 15 is 0 Å². The average Bonchev–Trinajstić information content (AvgIpc) is 3.07. The molecule has 27 heavy (non-hydrogen) atoms. The van der Waals surface area contributed by atoms with Crippen LogP contribution in [0, 0.1) is 3.57 Å². The van der Waals surface area contributed by atoms with Gasteiger partial charge < -0.3 is 20.1 Å². The summed E-state index contributed by atoms with van der Waals surface area (Å²) in [5.41, 5.74) is 6.61. The normalized spacial score (nSPS) is 18.7. The molecule has 0 saturated heterocycles. The summed E-state index contributed by atoms with van der Waals surface area (Å²) in [6, 6.07) is 10.7. The molecule has 2 heterocycles. The molecule has 0 amide bonds. The van der Waals surface area contributed by atoms with E-state index in [4.69, 9.17) is 10.5 Å². The van der Waals surface area contributed by atoms with Crippen LogP contribution in [0.5, 0.6) is 5.75 Å². The monoisotopic (exact) mass is 477 g/mol. The molecule has 9 heteroatoms. The second kappa shape index (κ2) is 7.14. The summed E-state index contributed by atoms with van der Waals surface area (Å²) in [6.07, 6.45) is 3.09. The number of nitrogens with zero attached hydrogens (tertiary/aromatic N) is 4. The van der Waals surface area contributed by atoms with E-state index in [1.54, 1.807) is 24.5 Å². The first-order valence-electron chi connectivity index (χ1n) is 8.33. The molecule has 0 aliphatic heterocycles. The fourth-order valence-corrected chi connectivity index (χ4v) is 3.57. The van der Waals surface area contributed by atoms with Gasteiger partial charge in [-0.2, -0.15) is 0 Å². The van der Waals surface area contributed by atoms with E-state index in [1.165, 1.54) is 0 Å². The van der Waals surface area contributed by atoms with Gasteiger partial charge in [-0.3, -0.25) is 0 Å². The quantitative estimate of drug-likeness (QED) is 0.543. The van der Waals surface area contributed by atoms with Crippen LogP contribution in [0.3, 0.4) is 0 Å². The summed E-state index contributed by atoms with van der Waals surface area (Å²) >= 11 is 2.08. The molecule has 0 unspecified atom stereocenters. The molecule has 0 radical (unpaired) electrons. The Kier molecular flexibility index (Phi) is 4.68. The Morgan fingerprint density at radius 2 is 2.11 bits per heavy atom. The maximum absolute atomic E-state index is 11.4. The molecule has 138 valence electrons. The molecule has 0 bridgehead atoms. The van der Waals surface area contributed by atoms with Gasteiger partial charge in [-0.05, 0) is 52.9 Å². The fraction of sp³-hybridized carbons (Fsp3) is 0.222. The molecule has 1 saturated carbocycles. The van der Waals surface area contributed by atoms with Crippen molar-refractivity contribution in [2.45, 2.75) is 25.0 Å². The number of ether oxygens (including phenoxy) is 1. The zero-order valence-corrected chi connectivity index (χ0v) is 16.3. The topological polar surface area (TPSA) is 116 Å². The number of halogens is 1. The largest absolute Gasteiger partial charge is 0.489 e. The molecule has 2 aromatic heterocycles. The first-order chi connectivity index (χ1) is 13.0. The lowest BCUT2D eigenvalue weighted by Crippen LogP contribution is -2.36. The smallest absolute Gasteiger partial charge is 0.339 e. The number of rotatable bonds is 5. The first kappa shape index (κ1) is 17.7. The number of nitrogens with two attached hydrogens (primary N) is 1. The van der Waals surface area contributed by atoms with Crippen LogP contribution >= 0.6 is 22.6 Å². The van der Waals surface area contributed by atoms with E-state index < -0.39 is 5.97 Å². The maximum Gasteiger partial charge on any atom is 0.339 e. The zero-order chi connectivity index (χ0) is 19.0. The highest BCUT2D eigenvalue weighted by Crippen LogP contribution is 2.38. The standard InChI is InChI=1S/C18H16IN5O3/c19-10-4-5-15(13(6-10)18(25)26)27-12-7-11(8-12)24-9-21-23-17(24)14-2-1-3-16(20)22-14/h1-6,9,11-12H,7-8H2,(H2,20,22)(H,25,26). The number of carboxylic acids is 1. The predicted octanol–water partition coefficient (Wildman–Crippen LogP) is 3.01. The van der Waals surface area contributed by atoms with Crippen molar-refractivity contribution in [2.24, 2.45) is 0 Å². The van der Waals surface area contributed by atoms with Crippen molar-refractivity contribution >= 4 is 34.4 Å². The summed E-state index contributed by atoms with van der Waals surface area (Å²) in [5.74, 6) is 0.490. The van der Waals surface area contributed by atoms with Crippen molar-refractivity contribution < 1.29 is 14.6 Å². The molecule has 8 nitrogen and oxygen atoms in total. The number of hydrogen-bond donors (Lipinski definition) is 2. The van der Waals surface area contributed by atoms with Crippen molar-refractivity contribution in [3.63, 3.8) is 0 Å². The molecule has 3 aromatic rings. The van der Waals surface area contributed by atoms with Crippen LogP contribution in [-0.4, -0.2) is 36.9 Å². The van der Waals surface area contributed by atoms with E-state index in [1.807, 2.05) is 22.8 Å². The van der Waals surface area contributed by atoms with Gasteiger partial charge in [0.2, 0.25) is 0 Å². The molecular formula is C18H16IN5O3. The summed E-state index contributed by atoms with van der Waals surface area (Å²) in [4.78, 5) is 15.7. The molecule has 1 aliphatic carbocycles. The van der Waals surface area contributed by atoms with Gasteiger partial charge in [-0.1, -0.05) is 6.07 Å². The van der Waals surface area contributed by atoms with E-state index in [2.05, 4.69) is 37.8 Å². The summed E-state index contributed by atoms with van der Waals surface area (Å²) in [7, 11) is 0. The number of pyridine rings is 1. The fourth-order valence-electron chi connectivity index (χ4n) is 3.08. The molecule has 0 spiro atoms. The zero-order valence-electron chi connectivity index (χ0n) is 14.1. The van der Waals surface area contributed by atoms with Gasteiger partial charge in [0.1, 0.15) is 35.3 Å². The van der Waals surface area contributed by atoms with E-state index in [9.17, 15) is 9.90 Å². The Morgan fingerprint density at radius 3 is 2.85 bits per heavy atom. The minimum absolute atomic E-state index is 0.0581. The van der Waals surface area contributed by atoms with Gasteiger partial charge in [0, 0.05) is 22.5 Å². The van der Waals surface area contributed by atoms with Crippen LogP contribution in [0.2, 0.25) is 0 Å². The minimum Gasteiger partial charge on any atom is -0.489 e. The second-order valence-electron chi connectivity index (χ2n) is 6.32. The van der Waals surface area contributed by atoms with E-state index in [0.29, 0.717) is 23.1 Å². The number of nitrogen functional groups attached to an aromatic ring is 1. The first-order valence-corrected chi connectivity index (χ1v) is 9.41. The minimum atomic E-state index is -0.992. The van der Waals surface area contributed by atoms with E-state index in [0.717, 1.165) is 16.4 Å². The SMILES string of the molecule is Nc1cccc(-c2nncn2C2CC(Oc3ccc(I)cc3C(=O)O)C2)n1. The van der Waals surface area contributed by atoms with Crippen LogP contribution in [0.1, 0.15) is 29.2 Å². The third-order valence-corrected chi connectivity index (χ3v) is 5.17. The Balaban J connectivity index is 1.47. The number of carboxylic acid groups (broad SMARTS) is 1. The molecule has 0 atom stereocenters. The van der Waals surface area contributed by atoms with Gasteiger partial charge in [0.05, 0.1) is 0 Å². The summed E-state index contributed by atoms with van der Waals surface area (Å²) < 4.78 is 8.74. The van der Waals surface area contributed by atoms with Crippen LogP contribution in [0.25, 0.3) is 11.5 Å². The van der Waals surface area contributed by atoms with Crippen LogP contribution in [0.15, 0.2) is 42.7 Å². The number of carbonyl (C=O) groups is 1. The predicted molar refractivity (Wildman–Crippen MR) is 106 cm³/mol. The second-order valence-corrected chi connectivity index (χ2v) is 7.57. The van der Waals surface area contributed by atoms with Crippen molar-refractivity contribution in [2.75, 3.05) is 5.73 Å². The lowest BCUT2D eigenvalue weighted by molar-refractivity contribution is 0.0618. The highest BCUT2D eigenvalue weighted by atomic mass is 127. The lowest BCUT2D eigenvalue weighted by Gasteiger charge is -2.36. The Bertz CT molecular complexity index is 1000. The highest BCUT2D eigenvalue weighted by Gasteiger charge is 2.34. The third-order valence-electron chi connectivity index (χ3n) is 4.50. The molecular weight excluding hydrogens is 461 g/mol. The number of aromatic nitrogens is 4. The number of aromatic carboxylic acids is 1. The maximum atomic E-state index is 11.4. The molecule has 1 aromatic carbocycles. The van der Waals surface area contributed by atoms with Crippen LogP contribution in [0.4, 0.5) is 5.82 Å². The van der Waals surface area contributed by atoms with Gasteiger partial charge in [-0.15, -0.1) is 10.2 Å². The van der Waals surface area contributed by atoms with Crippen molar-refractivity contribution in [3.8, 4) is 17.3 Å². The van der Waals surface area contributed by atoms with Crippen molar-refractivity contribution in [1.29, 1.82) is 0 Å². The number of hydrogen-bond acceptors (Lipinski definition) is 6. The Morgan fingerprint density at radius 1 is 1.30 bits per heavy atom. The van der Waals surface area contributed by atoms with Gasteiger partial charge in [-0.25, -0.2) is 9.78 Å². The van der Waals surface area contributed by atoms with E-state index in [-0.39, 0.29) is 17.7 Å². The molecule has 4 rings (SSSR count). The van der Waals surface area contributed by atoms with Crippen molar-refractivity contribution in [1.82, 2.24) is 19.7 Å². The molecule has 1 aliphatic rings. The van der Waals surface area contributed by atoms with Gasteiger partial charge in [0.25, 0.3) is 0 Å². The van der Waals surface area contributed by atoms with Gasteiger partial charge in [0.15, 0.2) is 5.82 Å². The molecule has 1 fully saturated rings. The average molecular weight is 477 g/mol. The van der Waals surface area contributed by atoms with Gasteiger partial charge >= 0.3 is 5.97 Å². The molecule has 3 N–H and O–H groups in total. The van der Waals surface area contributed by atoms with Crippen LogP contribution < -0.4 is 10.5 Å². The Labute approximate surface area is 168 Å². The lowest BCUT2D eigenvalue weighted by atomic mass is 9.88. The van der Waals surface area contributed by atoms with Crippen LogP contribution in [-0.2, 0) is 0 Å². The number of anilines is 1. The van der Waals surface area contributed by atoms with Crippen molar-refractivity contribution in [3.05, 3.63) is 51.9 Å². The summed E-state index contributed by atoms with van der Waals surface area (Å²) in [6.45, 7) is 0. The Hall–Kier alpha value is -2.69. The third kappa shape index (κ3) is 3.59. The highest BCUT2D eigenvalue weighted by molar-refractivity contribution is 14.1. The summed E-state index contributed by atoms with van der Waals surface area (Å²) in [5, 5.41) is 17.5. The number of benzene rings is 1.